The van der Waals surface area contributed by atoms with Crippen molar-refractivity contribution in [1.29, 1.82) is 0 Å². The number of hydrogen-bond acceptors (Lipinski definition) is 4. The van der Waals surface area contributed by atoms with Crippen LogP contribution in [0.3, 0.4) is 0 Å². The number of para-hydroxylation sites is 1. The fourth-order valence-corrected chi connectivity index (χ4v) is 4.21. The van der Waals surface area contributed by atoms with E-state index in [0.29, 0.717) is 11.9 Å². The van der Waals surface area contributed by atoms with E-state index in [1.165, 1.54) is 24.1 Å². The van der Waals surface area contributed by atoms with Gasteiger partial charge in [0.15, 0.2) is 0 Å². The lowest BCUT2D eigenvalue weighted by Gasteiger charge is -2.23. The summed E-state index contributed by atoms with van der Waals surface area (Å²) >= 11 is 1.72. The summed E-state index contributed by atoms with van der Waals surface area (Å²) in [6.45, 7) is 3.29. The Kier molecular flexibility index (Phi) is 5.84. The van der Waals surface area contributed by atoms with Gasteiger partial charge in [-0.05, 0) is 30.9 Å². The molecule has 0 bridgehead atoms. The van der Waals surface area contributed by atoms with Crippen molar-refractivity contribution in [2.75, 3.05) is 43.1 Å². The smallest absolute Gasteiger partial charge is 0.232 e. The lowest BCUT2D eigenvalue weighted by atomic mass is 10.1. The van der Waals surface area contributed by atoms with Gasteiger partial charge in [-0.3, -0.25) is 4.79 Å². The Balaban J connectivity index is 1.51. The number of carbonyl (C=O) groups excluding carboxylic acids is 1. The molecule has 23 heavy (non-hydrogen) atoms. The van der Waals surface area contributed by atoms with Crippen molar-refractivity contribution in [1.82, 2.24) is 4.90 Å². The molecule has 0 N–H and O–H groups in total. The maximum Gasteiger partial charge on any atom is 0.232 e. The molecule has 1 atom stereocenters. The van der Waals surface area contributed by atoms with Crippen LogP contribution in [0.1, 0.15) is 24.8 Å². The molecule has 0 radical (unpaired) electrons. The van der Waals surface area contributed by atoms with Crippen molar-refractivity contribution < 1.29 is 9.53 Å². The van der Waals surface area contributed by atoms with E-state index in [-0.39, 0.29) is 5.91 Å². The van der Waals surface area contributed by atoms with Crippen LogP contribution in [-0.4, -0.2) is 55.2 Å². The molecule has 0 aromatic heterocycles. The Morgan fingerprint density at radius 2 is 2.17 bits per heavy atom. The Hall–Kier alpha value is -1.20. The van der Waals surface area contributed by atoms with E-state index >= 15 is 0 Å². The van der Waals surface area contributed by atoms with Crippen molar-refractivity contribution in [3.63, 3.8) is 0 Å². The second kappa shape index (κ2) is 8.06. The van der Waals surface area contributed by atoms with Gasteiger partial charge in [-0.15, -0.1) is 11.8 Å². The van der Waals surface area contributed by atoms with Crippen LogP contribution in [0, 0.1) is 0 Å². The van der Waals surface area contributed by atoms with Gasteiger partial charge in [-0.2, -0.15) is 0 Å². The maximum atomic E-state index is 12.6. The van der Waals surface area contributed by atoms with Crippen LogP contribution in [0.4, 0.5) is 5.69 Å². The second-order valence-electron chi connectivity index (χ2n) is 6.37. The van der Waals surface area contributed by atoms with Crippen molar-refractivity contribution >= 4 is 23.4 Å². The first-order chi connectivity index (χ1) is 11.2. The number of likely N-dealkylation sites (N-methyl/N-ethyl adjacent to an activating group) is 1. The van der Waals surface area contributed by atoms with Crippen molar-refractivity contribution in [3.8, 4) is 0 Å². The second-order valence-corrected chi connectivity index (χ2v) is 7.40. The van der Waals surface area contributed by atoms with Crippen LogP contribution >= 0.6 is 11.8 Å². The molecule has 4 nitrogen and oxygen atoms in total. The molecule has 1 fully saturated rings. The lowest BCUT2D eigenvalue weighted by Crippen LogP contribution is -2.35. The summed E-state index contributed by atoms with van der Waals surface area (Å²) in [5.74, 6) is 1.75. The highest BCUT2D eigenvalue weighted by molar-refractivity contribution is 7.99. The van der Waals surface area contributed by atoms with Gasteiger partial charge in [0.05, 0.1) is 11.9 Å². The molecule has 1 aromatic carbocycles. The number of rotatable bonds is 4. The Labute approximate surface area is 143 Å². The molecule has 0 spiro atoms. The predicted molar refractivity (Wildman–Crippen MR) is 96.0 cm³/mol. The average molecular weight is 334 g/mol. The van der Waals surface area contributed by atoms with Crippen LogP contribution in [0.25, 0.3) is 0 Å². The number of fused-ring (bicyclic) bond motifs is 1. The van der Waals surface area contributed by atoms with Gasteiger partial charge in [-0.25, -0.2) is 0 Å². The molecule has 3 rings (SSSR count). The largest absolute Gasteiger partial charge is 0.377 e. The van der Waals surface area contributed by atoms with Gasteiger partial charge in [0.25, 0.3) is 0 Å². The molecular formula is C18H26N2O2S. The van der Waals surface area contributed by atoms with E-state index < -0.39 is 0 Å². The van der Waals surface area contributed by atoms with Gasteiger partial charge in [0, 0.05) is 44.7 Å². The summed E-state index contributed by atoms with van der Waals surface area (Å²) in [6, 6.07) is 8.38. The Bertz CT molecular complexity index is 532. The van der Waals surface area contributed by atoms with Gasteiger partial charge >= 0.3 is 0 Å². The quantitative estimate of drug-likeness (QED) is 0.848. The van der Waals surface area contributed by atoms with Crippen LogP contribution in [0.15, 0.2) is 24.3 Å². The highest BCUT2D eigenvalue weighted by Gasteiger charge is 2.21. The van der Waals surface area contributed by atoms with Crippen molar-refractivity contribution in [2.45, 2.75) is 31.9 Å². The van der Waals surface area contributed by atoms with E-state index in [9.17, 15) is 4.79 Å². The number of nitrogens with zero attached hydrogens (tertiary/aromatic N) is 2. The first kappa shape index (κ1) is 16.7. The fourth-order valence-electron chi connectivity index (χ4n) is 3.21. The van der Waals surface area contributed by atoms with Crippen LogP contribution in [-0.2, 0) is 16.1 Å². The van der Waals surface area contributed by atoms with E-state index in [4.69, 9.17) is 4.74 Å². The van der Waals surface area contributed by atoms with E-state index in [1.54, 1.807) is 11.8 Å². The Morgan fingerprint density at radius 1 is 1.30 bits per heavy atom. The number of anilines is 1. The number of thioether (sulfide) groups is 1. The van der Waals surface area contributed by atoms with Gasteiger partial charge in [0.1, 0.15) is 0 Å². The summed E-state index contributed by atoms with van der Waals surface area (Å²) in [7, 11) is 2.10. The molecule has 0 saturated carbocycles. The molecule has 5 heteroatoms. The SMILES string of the molecule is CN1CCN(C(=O)CSCC2CCCCO2)Cc2ccccc21. The summed E-state index contributed by atoms with van der Waals surface area (Å²) in [4.78, 5) is 16.8. The normalized spacial score (nSPS) is 21.7. The van der Waals surface area contributed by atoms with Crippen LogP contribution in [0.2, 0.25) is 0 Å². The zero-order valence-corrected chi connectivity index (χ0v) is 14.7. The predicted octanol–water partition coefficient (Wildman–Crippen LogP) is 2.77. The van der Waals surface area contributed by atoms with Crippen LogP contribution < -0.4 is 4.90 Å². The van der Waals surface area contributed by atoms with E-state index in [1.807, 2.05) is 4.90 Å². The molecule has 1 unspecified atom stereocenters. The summed E-state index contributed by atoms with van der Waals surface area (Å²) in [6.07, 6.45) is 3.93. The summed E-state index contributed by atoms with van der Waals surface area (Å²) in [5.41, 5.74) is 2.48. The van der Waals surface area contributed by atoms with Gasteiger partial charge in [0.2, 0.25) is 5.91 Å². The minimum absolute atomic E-state index is 0.246. The molecule has 1 aromatic rings. The molecule has 0 aliphatic carbocycles. The highest BCUT2D eigenvalue weighted by Crippen LogP contribution is 2.24. The van der Waals surface area contributed by atoms with E-state index in [2.05, 4.69) is 36.2 Å². The highest BCUT2D eigenvalue weighted by atomic mass is 32.2. The third-order valence-electron chi connectivity index (χ3n) is 4.63. The zero-order valence-electron chi connectivity index (χ0n) is 13.9. The molecule has 1 saturated heterocycles. The lowest BCUT2D eigenvalue weighted by molar-refractivity contribution is -0.128. The summed E-state index contributed by atoms with van der Waals surface area (Å²) in [5, 5.41) is 0. The number of benzene rings is 1. The third-order valence-corrected chi connectivity index (χ3v) is 5.68. The topological polar surface area (TPSA) is 32.8 Å². The molecule has 2 aliphatic heterocycles. The third kappa shape index (κ3) is 4.42. The number of amides is 1. The minimum atomic E-state index is 0.246. The molecular weight excluding hydrogens is 308 g/mol. The molecule has 1 amide bonds. The standard InChI is InChI=1S/C18H26N2O2S/c1-19-9-10-20(12-15-6-2-3-8-17(15)19)18(21)14-23-13-16-7-4-5-11-22-16/h2-3,6,8,16H,4-5,7,9-14H2,1H3. The van der Waals surface area contributed by atoms with Gasteiger partial charge < -0.3 is 14.5 Å². The zero-order chi connectivity index (χ0) is 16.1. The van der Waals surface area contributed by atoms with E-state index in [0.717, 1.165) is 38.4 Å². The van der Waals surface area contributed by atoms with Crippen molar-refractivity contribution in [3.05, 3.63) is 29.8 Å². The van der Waals surface area contributed by atoms with Gasteiger partial charge in [-0.1, -0.05) is 18.2 Å². The number of ether oxygens (including phenoxy) is 1. The molecule has 2 heterocycles. The first-order valence-corrected chi connectivity index (χ1v) is 9.65. The van der Waals surface area contributed by atoms with Crippen molar-refractivity contribution in [2.24, 2.45) is 0 Å². The molecule has 126 valence electrons. The number of hydrogen-bond donors (Lipinski definition) is 0. The monoisotopic (exact) mass is 334 g/mol. The average Bonchev–Trinajstić information content (AvgIpc) is 2.75. The van der Waals surface area contributed by atoms with Crippen LogP contribution in [0.5, 0.6) is 0 Å². The summed E-state index contributed by atoms with van der Waals surface area (Å²) < 4.78 is 5.73. The maximum absolute atomic E-state index is 12.6. The fraction of sp³-hybridized carbons (Fsp3) is 0.611. The Morgan fingerprint density at radius 3 is 3.00 bits per heavy atom. The molecule has 2 aliphatic rings. The first-order valence-electron chi connectivity index (χ1n) is 8.50. The number of carbonyl (C=O) groups is 1. The minimum Gasteiger partial charge on any atom is -0.377 e.